The first-order valence-corrected chi connectivity index (χ1v) is 7.51. The highest BCUT2D eigenvalue weighted by Gasteiger charge is 2.24. The Morgan fingerprint density at radius 1 is 1.32 bits per heavy atom. The minimum absolute atomic E-state index is 0.0141. The molecule has 1 aromatic carbocycles. The number of methoxy groups -OCH3 is 2. The fourth-order valence-corrected chi connectivity index (χ4v) is 2.28. The second kappa shape index (κ2) is 8.45. The smallest absolute Gasteiger partial charge is 0.334 e. The Labute approximate surface area is 144 Å². The summed E-state index contributed by atoms with van der Waals surface area (Å²) < 4.78 is 25.6. The van der Waals surface area contributed by atoms with Crippen LogP contribution in [-0.2, 0) is 19.0 Å². The molecule has 1 aromatic rings. The average Bonchev–Trinajstić information content (AvgIpc) is 3.05. The van der Waals surface area contributed by atoms with E-state index in [1.54, 1.807) is 6.92 Å². The first kappa shape index (κ1) is 18.7. The molecular formula is C16H19NO8. The van der Waals surface area contributed by atoms with Crippen LogP contribution in [-0.4, -0.2) is 44.8 Å². The predicted molar refractivity (Wildman–Crippen MR) is 86.3 cm³/mol. The Morgan fingerprint density at radius 2 is 1.96 bits per heavy atom. The Bertz CT molecular complexity index is 681. The number of benzene rings is 1. The molecule has 1 heterocycles. The van der Waals surface area contributed by atoms with E-state index in [0.29, 0.717) is 5.75 Å². The summed E-state index contributed by atoms with van der Waals surface area (Å²) in [6.45, 7) is 1.83. The van der Waals surface area contributed by atoms with Gasteiger partial charge in [-0.1, -0.05) is 0 Å². The number of nitro benzene ring substituents is 1. The maximum Gasteiger partial charge on any atom is 0.334 e. The van der Waals surface area contributed by atoms with E-state index in [1.165, 1.54) is 32.4 Å². The molecule has 136 valence electrons. The number of esters is 1. The molecule has 0 radical (unpaired) electrons. The van der Waals surface area contributed by atoms with Gasteiger partial charge in [0.25, 0.3) is 5.69 Å². The van der Waals surface area contributed by atoms with Crippen molar-refractivity contribution in [3.8, 4) is 11.5 Å². The number of nitrogens with zero attached hydrogens (tertiary/aromatic N) is 1. The zero-order chi connectivity index (χ0) is 18.4. The van der Waals surface area contributed by atoms with Gasteiger partial charge >= 0.3 is 5.97 Å². The maximum atomic E-state index is 12.2. The van der Waals surface area contributed by atoms with Crippen LogP contribution in [0, 0.1) is 10.1 Å². The third-order valence-electron chi connectivity index (χ3n) is 3.50. The number of ether oxygens (including phenoxy) is 5. The Morgan fingerprint density at radius 3 is 2.52 bits per heavy atom. The molecule has 0 spiro atoms. The van der Waals surface area contributed by atoms with E-state index in [2.05, 4.69) is 0 Å². The topological polar surface area (TPSA) is 106 Å². The number of carbonyl (C=O) groups is 1. The van der Waals surface area contributed by atoms with E-state index in [4.69, 9.17) is 23.7 Å². The molecule has 0 aliphatic carbocycles. The first-order chi connectivity index (χ1) is 12.0. The zero-order valence-corrected chi connectivity index (χ0v) is 14.1. The molecule has 1 aliphatic heterocycles. The summed E-state index contributed by atoms with van der Waals surface area (Å²) in [7, 11) is 2.86. The van der Waals surface area contributed by atoms with Crippen LogP contribution < -0.4 is 9.47 Å². The van der Waals surface area contributed by atoms with Gasteiger partial charge in [-0.05, 0) is 19.1 Å². The molecule has 0 atom stereocenters. The molecule has 0 saturated carbocycles. The van der Waals surface area contributed by atoms with Gasteiger partial charge in [-0.25, -0.2) is 4.79 Å². The SMILES string of the molecule is CCOC(=O)/C(=C\c1cc2c(cc1[N+](=O)[O-])OCO2)CC(OC)OC. The van der Waals surface area contributed by atoms with Crippen LogP contribution in [0.1, 0.15) is 18.9 Å². The number of hydrogen-bond acceptors (Lipinski definition) is 8. The normalized spacial score (nSPS) is 13.2. The molecule has 0 bridgehead atoms. The van der Waals surface area contributed by atoms with Crippen molar-refractivity contribution in [2.75, 3.05) is 27.6 Å². The number of nitro groups is 1. The molecule has 25 heavy (non-hydrogen) atoms. The van der Waals surface area contributed by atoms with Crippen LogP contribution in [0.2, 0.25) is 0 Å². The van der Waals surface area contributed by atoms with Crippen LogP contribution in [0.15, 0.2) is 17.7 Å². The van der Waals surface area contributed by atoms with Gasteiger partial charge in [-0.15, -0.1) is 0 Å². The highest BCUT2D eigenvalue weighted by molar-refractivity contribution is 5.94. The van der Waals surface area contributed by atoms with Crippen molar-refractivity contribution < 1.29 is 33.4 Å². The van der Waals surface area contributed by atoms with Crippen LogP contribution in [0.25, 0.3) is 6.08 Å². The first-order valence-electron chi connectivity index (χ1n) is 7.51. The lowest BCUT2D eigenvalue weighted by Gasteiger charge is -2.15. The Hall–Kier alpha value is -2.65. The van der Waals surface area contributed by atoms with Crippen molar-refractivity contribution in [3.05, 3.63) is 33.4 Å². The molecule has 9 heteroatoms. The zero-order valence-electron chi connectivity index (χ0n) is 14.1. The number of carbonyl (C=O) groups excluding carboxylic acids is 1. The van der Waals surface area contributed by atoms with E-state index in [-0.39, 0.29) is 42.4 Å². The van der Waals surface area contributed by atoms with E-state index >= 15 is 0 Å². The molecule has 2 rings (SSSR count). The van der Waals surface area contributed by atoms with Gasteiger partial charge in [0.05, 0.1) is 23.2 Å². The van der Waals surface area contributed by atoms with Crippen LogP contribution in [0.4, 0.5) is 5.69 Å². The van der Waals surface area contributed by atoms with Crippen molar-refractivity contribution in [3.63, 3.8) is 0 Å². The second-order valence-corrected chi connectivity index (χ2v) is 5.02. The van der Waals surface area contributed by atoms with Crippen molar-refractivity contribution in [1.82, 2.24) is 0 Å². The van der Waals surface area contributed by atoms with E-state index < -0.39 is 17.2 Å². The summed E-state index contributed by atoms with van der Waals surface area (Å²) in [5, 5.41) is 11.3. The molecular weight excluding hydrogens is 334 g/mol. The highest BCUT2D eigenvalue weighted by Crippen LogP contribution is 2.39. The minimum atomic E-state index is -0.691. The Balaban J connectivity index is 2.46. The lowest BCUT2D eigenvalue weighted by Crippen LogP contribution is -2.18. The highest BCUT2D eigenvalue weighted by atomic mass is 16.7. The minimum Gasteiger partial charge on any atom is -0.463 e. The van der Waals surface area contributed by atoms with Gasteiger partial charge in [0, 0.05) is 26.2 Å². The molecule has 0 unspecified atom stereocenters. The van der Waals surface area contributed by atoms with Crippen molar-refractivity contribution in [2.24, 2.45) is 0 Å². The monoisotopic (exact) mass is 353 g/mol. The molecule has 0 amide bonds. The maximum absolute atomic E-state index is 12.2. The third kappa shape index (κ3) is 4.46. The van der Waals surface area contributed by atoms with Gasteiger partial charge in [-0.3, -0.25) is 10.1 Å². The molecule has 1 aliphatic rings. The molecule has 9 nitrogen and oxygen atoms in total. The second-order valence-electron chi connectivity index (χ2n) is 5.02. The summed E-state index contributed by atoms with van der Waals surface area (Å²) in [6, 6.07) is 2.72. The van der Waals surface area contributed by atoms with Gasteiger partial charge in [0.2, 0.25) is 6.79 Å². The lowest BCUT2D eigenvalue weighted by atomic mass is 10.1. The van der Waals surface area contributed by atoms with Gasteiger partial charge in [-0.2, -0.15) is 0 Å². The van der Waals surface area contributed by atoms with E-state index in [0.717, 1.165) is 0 Å². The van der Waals surface area contributed by atoms with Gasteiger partial charge in [0.15, 0.2) is 17.8 Å². The fraction of sp³-hybridized carbons (Fsp3) is 0.438. The summed E-state index contributed by atoms with van der Waals surface area (Å²) in [5.74, 6) is 0.0526. The van der Waals surface area contributed by atoms with E-state index in [9.17, 15) is 14.9 Å². The number of hydrogen-bond donors (Lipinski definition) is 0. The van der Waals surface area contributed by atoms with Crippen LogP contribution in [0.3, 0.4) is 0 Å². The summed E-state index contributed by atoms with van der Waals surface area (Å²) in [5.41, 5.74) is 0.165. The third-order valence-corrected chi connectivity index (χ3v) is 3.50. The van der Waals surface area contributed by atoms with Crippen molar-refractivity contribution >= 4 is 17.7 Å². The van der Waals surface area contributed by atoms with E-state index in [1.807, 2.05) is 0 Å². The predicted octanol–water partition coefficient (Wildman–Crippen LogP) is 2.28. The number of fused-ring (bicyclic) bond motifs is 1. The van der Waals surface area contributed by atoms with Crippen molar-refractivity contribution in [1.29, 1.82) is 0 Å². The largest absolute Gasteiger partial charge is 0.463 e. The van der Waals surface area contributed by atoms with Crippen LogP contribution in [0.5, 0.6) is 11.5 Å². The standard InChI is InChI=1S/C16H19NO8/c1-4-23-16(18)11(7-15(21-2)22-3)5-10-6-13-14(25-9-24-13)8-12(10)17(19)20/h5-6,8,15H,4,7,9H2,1-3H3/b11-5-. The van der Waals surface area contributed by atoms with Crippen LogP contribution >= 0.6 is 0 Å². The molecule has 0 saturated heterocycles. The molecule has 0 aromatic heterocycles. The Kier molecular flexibility index (Phi) is 6.31. The average molecular weight is 353 g/mol. The number of rotatable bonds is 8. The summed E-state index contributed by atoms with van der Waals surface area (Å²) in [4.78, 5) is 23.0. The summed E-state index contributed by atoms with van der Waals surface area (Å²) in [6.07, 6.45) is 0.754. The van der Waals surface area contributed by atoms with Gasteiger partial charge in [0.1, 0.15) is 0 Å². The molecule has 0 N–H and O–H groups in total. The van der Waals surface area contributed by atoms with Crippen molar-refractivity contribution in [2.45, 2.75) is 19.6 Å². The lowest BCUT2D eigenvalue weighted by molar-refractivity contribution is -0.385. The summed E-state index contributed by atoms with van der Waals surface area (Å²) >= 11 is 0. The molecule has 0 fully saturated rings. The fourth-order valence-electron chi connectivity index (χ4n) is 2.28. The quantitative estimate of drug-likeness (QED) is 0.230. The van der Waals surface area contributed by atoms with Gasteiger partial charge < -0.3 is 23.7 Å².